The molecule has 4 nitrogen and oxygen atoms in total. The van der Waals surface area contributed by atoms with Crippen LogP contribution >= 0.6 is 0 Å². The predicted octanol–water partition coefficient (Wildman–Crippen LogP) is -0.917. The number of rotatable bonds is 0. The summed E-state index contributed by atoms with van der Waals surface area (Å²) < 4.78 is 34.1. The van der Waals surface area contributed by atoms with Crippen molar-refractivity contribution in [2.75, 3.05) is 0 Å². The van der Waals surface area contributed by atoms with Crippen molar-refractivity contribution in [1.82, 2.24) is 0 Å². The Morgan fingerprint density at radius 1 is 1.12 bits per heavy atom. The molecule has 6 heteroatoms. The van der Waals surface area contributed by atoms with Crippen LogP contribution in [0.1, 0.15) is 0 Å². The maximum Gasteiger partial charge on any atom is 2.00 e. The summed E-state index contributed by atoms with van der Waals surface area (Å²) in [4.78, 5) is 0. The summed E-state index contributed by atoms with van der Waals surface area (Å²) in [5.41, 5.74) is 0. The molecule has 0 aromatic heterocycles. The summed E-state index contributed by atoms with van der Waals surface area (Å²) in [7, 11) is -5.17. The van der Waals surface area contributed by atoms with Crippen LogP contribution in [0.4, 0.5) is 0 Å². The van der Waals surface area contributed by atoms with E-state index in [1.165, 1.54) is 0 Å². The van der Waals surface area contributed by atoms with E-state index in [2.05, 4.69) is 13.2 Å². The Labute approximate surface area is 88.6 Å². The molecule has 0 amide bonds. The fourth-order valence-electron chi connectivity index (χ4n) is 0. The molecule has 0 radical (unpaired) electrons. The average Bonchev–Trinajstić information content (AvgIpc) is 1.36. The van der Waals surface area contributed by atoms with Gasteiger partial charge in [-0.3, -0.25) is 8.42 Å². The quantitative estimate of drug-likeness (QED) is 0.244. The van der Waals surface area contributed by atoms with Crippen molar-refractivity contribution >= 4 is 59.3 Å². The molecule has 0 heterocycles. The van der Waals surface area contributed by atoms with Crippen molar-refractivity contribution in [2.24, 2.45) is 0 Å². The van der Waals surface area contributed by atoms with Crippen LogP contribution in [0.2, 0.25) is 0 Å². The molecule has 0 spiro atoms. The Balaban J connectivity index is -0.0000000750. The van der Waals surface area contributed by atoms with E-state index in [1.807, 2.05) is 0 Å². The van der Waals surface area contributed by atoms with Gasteiger partial charge in [0.05, 0.1) is 0 Å². The van der Waals surface area contributed by atoms with E-state index in [0.29, 0.717) is 0 Å². The van der Waals surface area contributed by atoms with Gasteiger partial charge in [-0.25, -0.2) is 0 Å². The SMILES string of the molecule is C=C.O=S(=O)([O-])[O-].[Ba+2]. The van der Waals surface area contributed by atoms with E-state index < -0.39 is 10.4 Å². The van der Waals surface area contributed by atoms with Gasteiger partial charge in [-0.15, -0.1) is 13.2 Å². The smallest absolute Gasteiger partial charge is 0.759 e. The minimum absolute atomic E-state index is 0. The summed E-state index contributed by atoms with van der Waals surface area (Å²) in [5, 5.41) is 0. The molecule has 0 bridgehead atoms. The van der Waals surface area contributed by atoms with Crippen molar-refractivity contribution in [3.63, 3.8) is 0 Å². The summed E-state index contributed by atoms with van der Waals surface area (Å²) in [6.07, 6.45) is 0. The first-order chi connectivity index (χ1) is 3.00. The van der Waals surface area contributed by atoms with Gasteiger partial charge in [-0.2, -0.15) is 0 Å². The monoisotopic (exact) mass is 262 g/mol. The number of hydrogen-bond acceptors (Lipinski definition) is 4. The van der Waals surface area contributed by atoms with Crippen molar-refractivity contribution in [3.05, 3.63) is 13.2 Å². The third-order valence-corrected chi connectivity index (χ3v) is 0. The van der Waals surface area contributed by atoms with Gasteiger partial charge in [0.1, 0.15) is 0 Å². The van der Waals surface area contributed by atoms with Crippen molar-refractivity contribution in [3.8, 4) is 0 Å². The van der Waals surface area contributed by atoms with E-state index in [9.17, 15) is 0 Å². The molecule has 8 heavy (non-hydrogen) atoms. The van der Waals surface area contributed by atoms with Crippen LogP contribution in [0.25, 0.3) is 0 Å². The third-order valence-electron chi connectivity index (χ3n) is 0. The fraction of sp³-hybridized carbons (Fsp3) is 0. The average molecular weight is 261 g/mol. The Bertz CT molecular complexity index is 108. The molecule has 0 fully saturated rings. The van der Waals surface area contributed by atoms with Gasteiger partial charge < -0.3 is 9.11 Å². The van der Waals surface area contributed by atoms with E-state index in [-0.39, 0.29) is 48.9 Å². The summed E-state index contributed by atoms with van der Waals surface area (Å²) in [6.45, 7) is 6.00. The fourth-order valence-corrected chi connectivity index (χ4v) is 0. The molecule has 0 aliphatic carbocycles. The zero-order chi connectivity index (χ0) is 6.50. The van der Waals surface area contributed by atoms with Crippen LogP contribution in [0.15, 0.2) is 13.2 Å². The van der Waals surface area contributed by atoms with Crippen LogP contribution in [-0.2, 0) is 10.4 Å². The second-order valence-corrected chi connectivity index (χ2v) is 1.22. The Hall–Kier alpha value is 1.18. The summed E-state index contributed by atoms with van der Waals surface area (Å²) in [5.74, 6) is 0. The van der Waals surface area contributed by atoms with Crippen LogP contribution in [0.5, 0.6) is 0 Å². The minimum atomic E-state index is -5.17. The minimum Gasteiger partial charge on any atom is -0.759 e. The first-order valence-electron chi connectivity index (χ1n) is 1.17. The van der Waals surface area contributed by atoms with E-state index in [0.717, 1.165) is 0 Å². The molecule has 0 aliphatic heterocycles. The first kappa shape index (κ1) is 16.1. The standard InChI is InChI=1S/C2H4.Ba.H2O4S/c1-2;;1-5(2,3)4/h1-2H2;;(H2,1,2,3,4)/q;+2;/p-2. The van der Waals surface area contributed by atoms with Crippen LogP contribution in [0.3, 0.4) is 0 Å². The Kier molecular flexibility index (Phi) is 16.4. The van der Waals surface area contributed by atoms with Gasteiger partial charge in [0.25, 0.3) is 0 Å². The molecule has 0 aromatic rings. The Morgan fingerprint density at radius 3 is 1.12 bits per heavy atom. The molecule has 0 N–H and O–H groups in total. The van der Waals surface area contributed by atoms with E-state index in [4.69, 9.17) is 17.5 Å². The molecular weight excluding hydrogens is 257 g/mol. The van der Waals surface area contributed by atoms with Crippen molar-refractivity contribution < 1.29 is 17.5 Å². The largest absolute Gasteiger partial charge is 2.00 e. The van der Waals surface area contributed by atoms with Gasteiger partial charge in [-0.05, 0) is 0 Å². The second-order valence-electron chi connectivity index (χ2n) is 0.408. The zero-order valence-electron chi connectivity index (χ0n) is 4.16. The first-order valence-corrected chi connectivity index (χ1v) is 2.50. The normalized spacial score (nSPS) is 7.75. The van der Waals surface area contributed by atoms with Gasteiger partial charge in [0.2, 0.25) is 0 Å². The molecule has 0 saturated carbocycles. The molecule has 0 aliphatic rings. The summed E-state index contributed by atoms with van der Waals surface area (Å²) >= 11 is 0. The molecule has 0 saturated heterocycles. The predicted molar refractivity (Wildman–Crippen MR) is 27.5 cm³/mol. The molecule has 0 aromatic carbocycles. The van der Waals surface area contributed by atoms with Gasteiger partial charge in [0, 0.05) is 10.4 Å². The molecule has 44 valence electrons. The van der Waals surface area contributed by atoms with Crippen LogP contribution in [-0.4, -0.2) is 66.4 Å². The van der Waals surface area contributed by atoms with Crippen molar-refractivity contribution in [1.29, 1.82) is 0 Å². The van der Waals surface area contributed by atoms with E-state index in [1.54, 1.807) is 0 Å². The Morgan fingerprint density at radius 2 is 1.12 bits per heavy atom. The van der Waals surface area contributed by atoms with Crippen LogP contribution in [0, 0.1) is 0 Å². The van der Waals surface area contributed by atoms with Crippen LogP contribution < -0.4 is 0 Å². The van der Waals surface area contributed by atoms with Gasteiger partial charge >= 0.3 is 48.9 Å². The molecule has 0 rings (SSSR count). The molecule has 0 unspecified atom stereocenters. The maximum absolute atomic E-state index is 8.52. The molecule has 0 atom stereocenters. The number of hydrogen-bond donors (Lipinski definition) is 0. The second kappa shape index (κ2) is 8.18. The zero-order valence-corrected chi connectivity index (χ0v) is 9.42. The van der Waals surface area contributed by atoms with Gasteiger partial charge in [-0.1, -0.05) is 0 Å². The summed E-state index contributed by atoms with van der Waals surface area (Å²) in [6, 6.07) is 0. The maximum atomic E-state index is 8.52. The van der Waals surface area contributed by atoms with Gasteiger partial charge in [0.15, 0.2) is 0 Å². The third kappa shape index (κ3) is 197. The van der Waals surface area contributed by atoms with Crippen molar-refractivity contribution in [2.45, 2.75) is 0 Å². The van der Waals surface area contributed by atoms with E-state index >= 15 is 0 Å². The topological polar surface area (TPSA) is 80.3 Å². The molecular formula is C2H4BaO4S.